The van der Waals surface area contributed by atoms with Gasteiger partial charge in [0.1, 0.15) is 0 Å². The molecule has 54 valence electrons. The van der Waals surface area contributed by atoms with Gasteiger partial charge in [-0.15, -0.1) is 0 Å². The Hall–Kier alpha value is 0.850. The molecule has 0 rings (SSSR count). The van der Waals surface area contributed by atoms with E-state index < -0.39 is 15.8 Å². The molecule has 0 heterocycles. The number of hydrogen-bond acceptors (Lipinski definition) is 2. The van der Waals surface area contributed by atoms with E-state index in [0.717, 1.165) is 0 Å². The van der Waals surface area contributed by atoms with Crippen molar-refractivity contribution >= 4 is 11.1 Å². The summed E-state index contributed by atoms with van der Waals surface area (Å²) in [6, 6.07) is 0. The second-order valence-electron chi connectivity index (χ2n) is 2.35. The van der Waals surface area contributed by atoms with Crippen molar-refractivity contribution in [2.45, 2.75) is 25.5 Å². The minimum absolute atomic E-state index is 0. The number of rotatable bonds is 0. The van der Waals surface area contributed by atoms with Gasteiger partial charge >= 0.3 is 22.4 Å². The van der Waals surface area contributed by atoms with Crippen molar-refractivity contribution in [1.29, 1.82) is 0 Å². The summed E-state index contributed by atoms with van der Waals surface area (Å²) in [6.07, 6.45) is 0. The van der Waals surface area contributed by atoms with Crippen LogP contribution in [-0.4, -0.2) is 13.5 Å². The second-order valence-corrected chi connectivity index (χ2v) is 4.04. The first-order chi connectivity index (χ1) is 2.94. The first kappa shape index (κ1) is 11.6. The molecule has 0 fully saturated rings. The molecule has 2 nitrogen and oxygen atoms in total. The van der Waals surface area contributed by atoms with E-state index in [0.29, 0.717) is 0 Å². The summed E-state index contributed by atoms with van der Waals surface area (Å²) in [5, 5.41) is 0. The van der Waals surface area contributed by atoms with Crippen LogP contribution in [0.15, 0.2) is 0 Å². The molecule has 0 aromatic carbocycles. The monoisotopic (exact) mass is 228 g/mol. The van der Waals surface area contributed by atoms with Crippen LogP contribution in [0.25, 0.3) is 0 Å². The van der Waals surface area contributed by atoms with Gasteiger partial charge in [0.05, 0.1) is 0 Å². The first-order valence-electron chi connectivity index (χ1n) is 2.04. The molecular weight excluding hydrogens is 220 g/mol. The van der Waals surface area contributed by atoms with Gasteiger partial charge in [-0.05, 0) is 31.9 Å². The van der Waals surface area contributed by atoms with E-state index in [9.17, 15) is 8.76 Å². The van der Waals surface area contributed by atoms with E-state index in [1.807, 2.05) is 0 Å². The molecule has 0 radical (unpaired) electrons. The maximum Gasteiger partial charge on any atom is 1.00 e. The van der Waals surface area contributed by atoms with Crippen molar-refractivity contribution in [2.75, 3.05) is 0 Å². The van der Waals surface area contributed by atoms with Crippen molar-refractivity contribution in [3.05, 3.63) is 0 Å². The van der Waals surface area contributed by atoms with Gasteiger partial charge in [-0.1, -0.05) is 0 Å². The Bertz CT molecular complexity index is 86.5. The number of hydrogen-bond donors (Lipinski definition) is 0. The third-order valence-electron chi connectivity index (χ3n) is 0.500. The van der Waals surface area contributed by atoms with Crippen LogP contribution >= 0.6 is 0 Å². The van der Waals surface area contributed by atoms with Crippen molar-refractivity contribution in [1.82, 2.24) is 0 Å². The molecular formula is C4H9AgO2S. The van der Waals surface area contributed by atoms with Crippen LogP contribution in [0.1, 0.15) is 20.8 Å². The predicted molar refractivity (Wildman–Crippen MR) is 28.7 cm³/mol. The molecule has 0 aromatic rings. The van der Waals surface area contributed by atoms with E-state index in [1.54, 1.807) is 20.8 Å². The fourth-order valence-electron chi connectivity index (χ4n) is 0. The van der Waals surface area contributed by atoms with Crippen molar-refractivity contribution in [2.24, 2.45) is 0 Å². The molecule has 0 aromatic heterocycles. The van der Waals surface area contributed by atoms with Gasteiger partial charge in [0.2, 0.25) is 0 Å². The third-order valence-corrected chi connectivity index (χ3v) is 1.50. The first-order valence-corrected chi connectivity index (χ1v) is 3.11. The molecule has 0 amide bonds. The Labute approximate surface area is 67.8 Å². The largest absolute Gasteiger partial charge is 1.00 e. The Kier molecular flexibility index (Phi) is 5.52. The summed E-state index contributed by atoms with van der Waals surface area (Å²) in [5.74, 6) is 0. The average molecular weight is 229 g/mol. The van der Waals surface area contributed by atoms with Gasteiger partial charge in [0.15, 0.2) is 0 Å². The van der Waals surface area contributed by atoms with Gasteiger partial charge < -0.3 is 4.55 Å². The molecule has 0 saturated carbocycles. The molecule has 0 saturated heterocycles. The maximum absolute atomic E-state index is 10.0. The molecule has 0 N–H and O–H groups in total. The van der Waals surface area contributed by atoms with Crippen LogP contribution in [0.5, 0.6) is 0 Å². The molecule has 1 atom stereocenters. The standard InChI is InChI=1S/C4H10O2S.Ag/c1-4(2,3)7(5)6;/h1-3H3,(H,5,6);/q;+1/p-1. The van der Waals surface area contributed by atoms with Gasteiger partial charge in [-0.2, -0.15) is 0 Å². The van der Waals surface area contributed by atoms with E-state index in [-0.39, 0.29) is 22.4 Å². The Morgan fingerprint density at radius 2 is 1.50 bits per heavy atom. The van der Waals surface area contributed by atoms with Crippen LogP contribution < -0.4 is 0 Å². The molecule has 8 heavy (non-hydrogen) atoms. The summed E-state index contributed by atoms with van der Waals surface area (Å²) >= 11 is -1.93. The van der Waals surface area contributed by atoms with Gasteiger partial charge in [-0.25, -0.2) is 0 Å². The predicted octanol–water partition coefficient (Wildman–Crippen LogP) is 0.661. The molecule has 0 aliphatic heterocycles. The zero-order valence-corrected chi connectivity index (χ0v) is 7.33. The minimum atomic E-state index is -1.93. The van der Waals surface area contributed by atoms with Crippen LogP contribution in [-0.2, 0) is 33.5 Å². The molecule has 0 spiro atoms. The minimum Gasteiger partial charge on any atom is -0.772 e. The van der Waals surface area contributed by atoms with Crippen molar-refractivity contribution < 1.29 is 31.1 Å². The zero-order valence-electron chi connectivity index (χ0n) is 5.03. The summed E-state index contributed by atoms with van der Waals surface area (Å²) in [4.78, 5) is 0. The molecule has 0 aliphatic carbocycles. The van der Waals surface area contributed by atoms with Crippen LogP contribution in [0.2, 0.25) is 0 Å². The summed E-state index contributed by atoms with van der Waals surface area (Å²) < 4.78 is 19.5. The molecule has 0 bridgehead atoms. The SMILES string of the molecule is CC(C)(C)S(=O)[O-].[Ag+]. The zero-order chi connectivity index (χ0) is 6.08. The quantitative estimate of drug-likeness (QED) is 0.452. The van der Waals surface area contributed by atoms with E-state index in [2.05, 4.69) is 0 Å². The van der Waals surface area contributed by atoms with E-state index >= 15 is 0 Å². The van der Waals surface area contributed by atoms with Crippen LogP contribution in [0, 0.1) is 0 Å². The fourth-order valence-corrected chi connectivity index (χ4v) is 0. The average Bonchev–Trinajstić information content (AvgIpc) is 1.31. The van der Waals surface area contributed by atoms with Gasteiger partial charge in [0.25, 0.3) is 0 Å². The normalized spacial score (nSPS) is 14.5. The Balaban J connectivity index is 0. The second kappa shape index (κ2) is 3.80. The van der Waals surface area contributed by atoms with Crippen molar-refractivity contribution in [3.63, 3.8) is 0 Å². The topological polar surface area (TPSA) is 40.1 Å². The Morgan fingerprint density at radius 3 is 1.50 bits per heavy atom. The van der Waals surface area contributed by atoms with Gasteiger partial charge in [-0.3, -0.25) is 4.21 Å². The van der Waals surface area contributed by atoms with Crippen LogP contribution in [0.4, 0.5) is 0 Å². The third kappa shape index (κ3) is 5.00. The van der Waals surface area contributed by atoms with Gasteiger partial charge in [0, 0.05) is 4.75 Å². The smallest absolute Gasteiger partial charge is 0.772 e. The van der Waals surface area contributed by atoms with E-state index in [1.165, 1.54) is 0 Å². The molecule has 1 unspecified atom stereocenters. The Morgan fingerprint density at radius 1 is 1.38 bits per heavy atom. The summed E-state index contributed by atoms with van der Waals surface area (Å²) in [6.45, 7) is 4.95. The summed E-state index contributed by atoms with van der Waals surface area (Å²) in [7, 11) is 0. The van der Waals surface area contributed by atoms with Crippen molar-refractivity contribution in [3.8, 4) is 0 Å². The van der Waals surface area contributed by atoms with Crippen LogP contribution in [0.3, 0.4) is 0 Å². The maximum atomic E-state index is 10.0. The molecule has 0 aliphatic rings. The van der Waals surface area contributed by atoms with E-state index in [4.69, 9.17) is 0 Å². The summed E-state index contributed by atoms with van der Waals surface area (Å²) in [5.41, 5.74) is 0. The molecule has 4 heteroatoms. The fraction of sp³-hybridized carbons (Fsp3) is 1.00.